The van der Waals surface area contributed by atoms with Crippen molar-refractivity contribution in [1.29, 1.82) is 0 Å². The van der Waals surface area contributed by atoms with E-state index in [1.54, 1.807) is 10.4 Å². The van der Waals surface area contributed by atoms with Crippen molar-refractivity contribution in [2.24, 2.45) is 10.8 Å². The van der Waals surface area contributed by atoms with E-state index in [-0.39, 0.29) is 10.8 Å². The third kappa shape index (κ3) is 3.48. The zero-order valence-corrected chi connectivity index (χ0v) is 20.7. The number of fused-ring (bicyclic) bond motifs is 1. The molecular weight excluding hydrogens is 376 g/mol. The van der Waals surface area contributed by atoms with Gasteiger partial charge in [-0.3, -0.25) is 0 Å². The van der Waals surface area contributed by atoms with Crippen LogP contribution in [-0.2, 0) is 0 Å². The Bertz CT molecular complexity index is 1040. The lowest BCUT2D eigenvalue weighted by Crippen LogP contribution is -2.51. The molecule has 0 N–H and O–H groups in total. The number of benzene rings is 2. The smallest absolute Gasteiger partial charge is 0.0771 e. The van der Waals surface area contributed by atoms with Crippen LogP contribution in [0.5, 0.6) is 0 Å². The highest BCUT2D eigenvalue weighted by Crippen LogP contribution is 2.50. The summed E-state index contributed by atoms with van der Waals surface area (Å²) in [5, 5.41) is 3.22. The van der Waals surface area contributed by atoms with Crippen LogP contribution in [0.4, 0.5) is 0 Å². The summed E-state index contributed by atoms with van der Waals surface area (Å²) in [5.74, 6) is 0. The Hall–Kier alpha value is -2.12. The lowest BCUT2D eigenvalue weighted by atomic mass is 9.83. The number of hydrogen-bond acceptors (Lipinski definition) is 0. The summed E-state index contributed by atoms with van der Waals surface area (Å²) in [4.78, 5) is 0. The summed E-state index contributed by atoms with van der Waals surface area (Å²) in [6.45, 7) is 16.7. The molecule has 0 saturated heterocycles. The molecule has 2 atom stereocenters. The van der Waals surface area contributed by atoms with Crippen LogP contribution in [-0.4, -0.2) is 8.07 Å². The van der Waals surface area contributed by atoms with Crippen LogP contribution >= 0.6 is 0 Å². The van der Waals surface area contributed by atoms with Crippen molar-refractivity contribution < 1.29 is 0 Å². The highest BCUT2D eigenvalue weighted by Gasteiger charge is 2.46. The Balaban J connectivity index is 1.92. The zero-order valence-electron chi connectivity index (χ0n) is 19.7. The van der Waals surface area contributed by atoms with Gasteiger partial charge in [0.25, 0.3) is 0 Å². The molecule has 0 radical (unpaired) electrons. The molecule has 0 spiro atoms. The Morgan fingerprint density at radius 2 is 1.43 bits per heavy atom. The predicted octanol–water partition coefficient (Wildman–Crippen LogP) is 7.58. The lowest BCUT2D eigenvalue weighted by molar-refractivity contribution is 0.518. The second kappa shape index (κ2) is 7.23. The fraction of sp³-hybridized carbons (Fsp3) is 0.379. The molecule has 0 amide bonds. The van der Waals surface area contributed by atoms with Crippen LogP contribution in [0.2, 0.25) is 6.55 Å². The van der Waals surface area contributed by atoms with E-state index >= 15 is 0 Å². The summed E-state index contributed by atoms with van der Waals surface area (Å²) in [6, 6.07) is 20.5. The van der Waals surface area contributed by atoms with Gasteiger partial charge in [0.05, 0.1) is 0 Å². The highest BCUT2D eigenvalue weighted by atomic mass is 28.3. The molecule has 0 fully saturated rings. The number of hydrogen-bond donors (Lipinski definition) is 0. The maximum absolute atomic E-state index is 2.64. The molecule has 156 valence electrons. The Morgan fingerprint density at radius 1 is 0.800 bits per heavy atom. The average molecular weight is 413 g/mol. The quantitative estimate of drug-likeness (QED) is 0.456. The van der Waals surface area contributed by atoms with E-state index in [4.69, 9.17) is 0 Å². The van der Waals surface area contributed by atoms with E-state index in [1.807, 2.05) is 0 Å². The molecule has 1 heteroatoms. The van der Waals surface area contributed by atoms with E-state index in [1.165, 1.54) is 22.3 Å². The summed E-state index contributed by atoms with van der Waals surface area (Å²) < 4.78 is 0. The van der Waals surface area contributed by atoms with Gasteiger partial charge in [-0.05, 0) is 39.5 Å². The second-order valence-corrected chi connectivity index (χ2v) is 15.5. The van der Waals surface area contributed by atoms with Crippen LogP contribution in [0.15, 0.2) is 83.6 Å². The van der Waals surface area contributed by atoms with Gasteiger partial charge in [-0.2, -0.15) is 0 Å². The fourth-order valence-electron chi connectivity index (χ4n) is 5.25. The van der Waals surface area contributed by atoms with Crippen LogP contribution in [0.3, 0.4) is 0 Å². The van der Waals surface area contributed by atoms with Crippen molar-refractivity contribution >= 4 is 18.8 Å². The molecule has 0 aromatic heterocycles. The predicted molar refractivity (Wildman–Crippen MR) is 135 cm³/mol. The first-order valence-electron chi connectivity index (χ1n) is 11.3. The SMILES string of the molecule is CC(C)(C)C1=CCC([Si](C)(c2ccccc2)C2C=C(C(C)(C)C)c3ccccc32)=C1. The van der Waals surface area contributed by atoms with Crippen molar-refractivity contribution in [2.45, 2.75) is 60.1 Å². The normalized spacial score (nSPS) is 20.9. The minimum absolute atomic E-state index is 0.149. The molecule has 0 saturated carbocycles. The summed E-state index contributed by atoms with van der Waals surface area (Å²) in [6.07, 6.45) is 8.78. The van der Waals surface area contributed by atoms with Gasteiger partial charge in [0.2, 0.25) is 0 Å². The van der Waals surface area contributed by atoms with Crippen molar-refractivity contribution in [3.63, 3.8) is 0 Å². The highest BCUT2D eigenvalue weighted by molar-refractivity contribution is 6.98. The third-order valence-corrected chi connectivity index (χ3v) is 12.1. The maximum Gasteiger partial charge on any atom is 0.121 e. The van der Waals surface area contributed by atoms with E-state index in [9.17, 15) is 0 Å². The Kier molecular flexibility index (Phi) is 5.09. The summed E-state index contributed by atoms with van der Waals surface area (Å²) >= 11 is 0. The van der Waals surface area contributed by atoms with Crippen molar-refractivity contribution in [3.8, 4) is 0 Å². The standard InChI is InChI=1S/C29H36Si/c1-28(2,3)21-17-18-23(19-21)30(7,22-13-9-8-10-14-22)27-20-26(29(4,5)6)24-15-11-12-16-25(24)27/h8-17,19-20,27H,18H2,1-7H3. The minimum Gasteiger partial charge on any atom is -0.0771 e. The molecular formula is C29H36Si. The van der Waals surface area contributed by atoms with Gasteiger partial charge in [-0.25, -0.2) is 0 Å². The molecule has 2 aliphatic carbocycles. The molecule has 2 aromatic rings. The second-order valence-electron chi connectivity index (χ2n) is 11.2. The first-order valence-corrected chi connectivity index (χ1v) is 13.9. The van der Waals surface area contributed by atoms with Gasteiger partial charge in [0, 0.05) is 5.54 Å². The molecule has 4 rings (SSSR count). The van der Waals surface area contributed by atoms with Crippen LogP contribution < -0.4 is 5.19 Å². The molecule has 0 aliphatic heterocycles. The molecule has 0 bridgehead atoms. The molecule has 0 nitrogen and oxygen atoms in total. The van der Waals surface area contributed by atoms with Gasteiger partial charge < -0.3 is 0 Å². The first kappa shape index (κ1) is 21.1. The largest absolute Gasteiger partial charge is 0.121 e. The monoisotopic (exact) mass is 412 g/mol. The van der Waals surface area contributed by atoms with Crippen LogP contribution in [0.25, 0.3) is 5.57 Å². The van der Waals surface area contributed by atoms with Crippen molar-refractivity contribution in [3.05, 3.63) is 94.7 Å². The van der Waals surface area contributed by atoms with Gasteiger partial charge in [0.15, 0.2) is 0 Å². The van der Waals surface area contributed by atoms with Crippen molar-refractivity contribution in [1.82, 2.24) is 0 Å². The maximum atomic E-state index is 2.64. The van der Waals surface area contributed by atoms with E-state index < -0.39 is 8.07 Å². The van der Waals surface area contributed by atoms with E-state index in [2.05, 4.69) is 121 Å². The van der Waals surface area contributed by atoms with E-state index in [0.717, 1.165) is 6.42 Å². The summed E-state index contributed by atoms with van der Waals surface area (Å²) in [7, 11) is -2.02. The first-order chi connectivity index (χ1) is 14.0. The van der Waals surface area contributed by atoms with Crippen LogP contribution in [0.1, 0.15) is 64.6 Å². The van der Waals surface area contributed by atoms with Gasteiger partial charge in [0.1, 0.15) is 8.07 Å². The van der Waals surface area contributed by atoms with E-state index in [0.29, 0.717) is 5.54 Å². The summed E-state index contributed by atoms with van der Waals surface area (Å²) in [5.41, 5.74) is 6.84. The third-order valence-electron chi connectivity index (χ3n) is 7.13. The molecule has 2 unspecified atom stereocenters. The molecule has 30 heavy (non-hydrogen) atoms. The molecule has 2 aliphatic rings. The molecule has 0 heterocycles. The van der Waals surface area contributed by atoms with Crippen LogP contribution in [0, 0.1) is 10.8 Å². The van der Waals surface area contributed by atoms with Crippen molar-refractivity contribution in [2.75, 3.05) is 0 Å². The average Bonchev–Trinajstić information content (AvgIpc) is 3.33. The Morgan fingerprint density at radius 3 is 2.03 bits per heavy atom. The fourth-order valence-corrected chi connectivity index (χ4v) is 9.62. The number of allylic oxidation sites excluding steroid dienone is 6. The Labute approximate surface area is 184 Å². The topological polar surface area (TPSA) is 0 Å². The molecule has 2 aromatic carbocycles. The van der Waals surface area contributed by atoms with Gasteiger partial charge >= 0.3 is 0 Å². The lowest BCUT2D eigenvalue weighted by Gasteiger charge is -2.36. The minimum atomic E-state index is -2.02. The van der Waals surface area contributed by atoms with Gasteiger partial charge in [-0.15, -0.1) is 0 Å². The zero-order chi connectivity index (χ0) is 21.7. The number of rotatable bonds is 3. The van der Waals surface area contributed by atoms with Gasteiger partial charge in [-0.1, -0.05) is 131 Å².